The van der Waals surface area contributed by atoms with Crippen molar-refractivity contribution in [1.82, 2.24) is 4.72 Å². The Bertz CT molecular complexity index is 807. The van der Waals surface area contributed by atoms with Gasteiger partial charge in [0.25, 0.3) is 0 Å². The lowest BCUT2D eigenvalue weighted by atomic mass is 9.86. The molecule has 0 radical (unpaired) electrons. The van der Waals surface area contributed by atoms with Crippen molar-refractivity contribution < 1.29 is 8.42 Å². The summed E-state index contributed by atoms with van der Waals surface area (Å²) in [5.74, 6) is 0.107. The summed E-state index contributed by atoms with van der Waals surface area (Å²) in [7, 11) is -3.54. The van der Waals surface area contributed by atoms with Crippen LogP contribution in [-0.4, -0.2) is 8.42 Å². The maximum absolute atomic E-state index is 12.6. The Morgan fingerprint density at radius 2 is 1.68 bits per heavy atom. The Balaban J connectivity index is 1.95. The number of sulfonamides is 1. The van der Waals surface area contributed by atoms with Gasteiger partial charge < -0.3 is 0 Å². The zero-order valence-electron chi connectivity index (χ0n) is 12.7. The van der Waals surface area contributed by atoms with Crippen molar-refractivity contribution in [2.75, 3.05) is 0 Å². The number of nitrogens with one attached hydrogen (secondary N) is 1. The summed E-state index contributed by atoms with van der Waals surface area (Å²) in [6, 6.07) is 14.6. The van der Waals surface area contributed by atoms with Crippen LogP contribution >= 0.6 is 0 Å². The summed E-state index contributed by atoms with van der Waals surface area (Å²) in [5.41, 5.74) is 3.13. The molecule has 2 aromatic carbocycles. The maximum atomic E-state index is 12.6. The van der Waals surface area contributed by atoms with Crippen molar-refractivity contribution in [3.63, 3.8) is 0 Å². The molecule has 0 spiro atoms. The van der Waals surface area contributed by atoms with Gasteiger partial charge in [0.2, 0.25) is 10.0 Å². The van der Waals surface area contributed by atoms with Crippen LogP contribution in [0.4, 0.5) is 0 Å². The Morgan fingerprint density at radius 3 is 2.41 bits per heavy atom. The Hall–Kier alpha value is -1.91. The van der Waals surface area contributed by atoms with Gasteiger partial charge >= 0.3 is 0 Å². The molecule has 4 heteroatoms. The molecule has 0 heterocycles. The average molecular weight is 313 g/mol. The van der Waals surface area contributed by atoms with Crippen molar-refractivity contribution in [2.45, 2.75) is 24.8 Å². The topological polar surface area (TPSA) is 46.2 Å². The molecule has 3 nitrogen and oxygen atoms in total. The normalized spacial score (nSPS) is 20.6. The van der Waals surface area contributed by atoms with Crippen LogP contribution in [0.2, 0.25) is 0 Å². The zero-order chi connectivity index (χ0) is 15.7. The smallest absolute Gasteiger partial charge is 0.207 e. The summed E-state index contributed by atoms with van der Waals surface area (Å²) in [4.78, 5) is 0.303. The van der Waals surface area contributed by atoms with Crippen LogP contribution in [0.1, 0.15) is 29.7 Å². The highest BCUT2D eigenvalue weighted by Gasteiger charge is 2.28. The third kappa shape index (κ3) is 2.85. The number of fused-ring (bicyclic) bond motifs is 1. The third-order valence-electron chi connectivity index (χ3n) is 4.05. The van der Waals surface area contributed by atoms with Crippen LogP contribution in [0.5, 0.6) is 0 Å². The van der Waals surface area contributed by atoms with Crippen molar-refractivity contribution in [3.05, 3.63) is 71.3 Å². The number of benzene rings is 2. The van der Waals surface area contributed by atoms with Gasteiger partial charge in [0.05, 0.1) is 10.9 Å². The Morgan fingerprint density at radius 1 is 1.00 bits per heavy atom. The first kappa shape index (κ1) is 15.0. The standard InChI is InChI=1S/C18H19NO2S/c1-13-7-11-16(12-8-13)22(20,21)19-18-14(2)9-10-15-5-3-4-6-17(15)18/h3-12,14,18-19H,1-2H3/t14-,18+/m0/s1. The molecule has 114 valence electrons. The number of rotatable bonds is 3. The highest BCUT2D eigenvalue weighted by Crippen LogP contribution is 2.33. The van der Waals surface area contributed by atoms with Crippen molar-refractivity contribution >= 4 is 16.1 Å². The highest BCUT2D eigenvalue weighted by molar-refractivity contribution is 7.89. The molecule has 0 saturated heterocycles. The van der Waals surface area contributed by atoms with Crippen LogP contribution in [0.15, 0.2) is 59.5 Å². The molecule has 2 aromatic rings. The van der Waals surface area contributed by atoms with E-state index < -0.39 is 10.0 Å². The Labute approximate surface area is 131 Å². The fraction of sp³-hybridized carbons (Fsp3) is 0.222. The van der Waals surface area contributed by atoms with Gasteiger partial charge in [-0.1, -0.05) is 61.0 Å². The van der Waals surface area contributed by atoms with Gasteiger partial charge in [0, 0.05) is 0 Å². The summed E-state index contributed by atoms with van der Waals surface area (Å²) in [5, 5.41) is 0. The van der Waals surface area contributed by atoms with E-state index in [9.17, 15) is 8.42 Å². The molecule has 0 amide bonds. The molecule has 2 atom stereocenters. The maximum Gasteiger partial charge on any atom is 0.241 e. The fourth-order valence-electron chi connectivity index (χ4n) is 2.72. The second kappa shape index (κ2) is 5.71. The molecule has 1 N–H and O–H groups in total. The van der Waals surface area contributed by atoms with Gasteiger partial charge in [0.1, 0.15) is 0 Å². The summed E-state index contributed by atoms with van der Waals surface area (Å²) in [6.07, 6.45) is 4.10. The molecule has 1 aliphatic rings. The van der Waals surface area contributed by atoms with E-state index in [2.05, 4.69) is 10.8 Å². The molecule has 0 fully saturated rings. The van der Waals surface area contributed by atoms with Gasteiger partial charge in [-0.25, -0.2) is 13.1 Å². The predicted octanol–water partition coefficient (Wildman–Crippen LogP) is 3.68. The molecule has 0 aromatic heterocycles. The van der Waals surface area contributed by atoms with Crippen molar-refractivity contribution in [1.29, 1.82) is 0 Å². The van der Waals surface area contributed by atoms with Crippen LogP contribution in [0.25, 0.3) is 6.08 Å². The van der Waals surface area contributed by atoms with E-state index in [4.69, 9.17) is 0 Å². The van der Waals surface area contributed by atoms with E-state index in [0.29, 0.717) is 4.90 Å². The largest absolute Gasteiger partial charge is 0.241 e. The first-order valence-corrected chi connectivity index (χ1v) is 8.82. The minimum absolute atomic E-state index is 0.107. The van der Waals surface area contributed by atoms with Crippen molar-refractivity contribution in [3.8, 4) is 0 Å². The van der Waals surface area contributed by atoms with Gasteiger partial charge in [-0.2, -0.15) is 0 Å². The lowest BCUT2D eigenvalue weighted by Gasteiger charge is -2.28. The first-order valence-electron chi connectivity index (χ1n) is 7.33. The van der Waals surface area contributed by atoms with E-state index >= 15 is 0 Å². The summed E-state index contributed by atoms with van der Waals surface area (Å²) >= 11 is 0. The average Bonchev–Trinajstić information content (AvgIpc) is 2.50. The molecular weight excluding hydrogens is 294 g/mol. The summed E-state index contributed by atoms with van der Waals surface area (Å²) < 4.78 is 28.1. The molecule has 1 aliphatic carbocycles. The minimum Gasteiger partial charge on any atom is -0.207 e. The van der Waals surface area contributed by atoms with Crippen LogP contribution < -0.4 is 4.72 Å². The van der Waals surface area contributed by atoms with E-state index in [1.807, 2.05) is 56.3 Å². The quantitative estimate of drug-likeness (QED) is 0.939. The van der Waals surface area contributed by atoms with Gasteiger partial charge in [0.15, 0.2) is 0 Å². The van der Waals surface area contributed by atoms with Crippen LogP contribution in [0.3, 0.4) is 0 Å². The number of aryl methyl sites for hydroxylation is 1. The number of hydrogen-bond acceptors (Lipinski definition) is 2. The SMILES string of the molecule is Cc1ccc(S(=O)(=O)N[C@H]2c3ccccc3C=C[C@@H]2C)cc1. The lowest BCUT2D eigenvalue weighted by Crippen LogP contribution is -2.33. The third-order valence-corrected chi connectivity index (χ3v) is 5.51. The monoisotopic (exact) mass is 313 g/mol. The second-order valence-corrected chi connectivity index (χ2v) is 7.47. The molecule has 0 bridgehead atoms. The molecule has 0 aliphatic heterocycles. The van der Waals surface area contributed by atoms with E-state index in [-0.39, 0.29) is 12.0 Å². The second-order valence-electron chi connectivity index (χ2n) is 5.76. The van der Waals surface area contributed by atoms with Gasteiger partial charge in [-0.3, -0.25) is 0 Å². The van der Waals surface area contributed by atoms with Crippen molar-refractivity contribution in [2.24, 2.45) is 5.92 Å². The van der Waals surface area contributed by atoms with Gasteiger partial charge in [-0.05, 0) is 36.1 Å². The van der Waals surface area contributed by atoms with Crippen LogP contribution in [0, 0.1) is 12.8 Å². The predicted molar refractivity (Wildman–Crippen MR) is 88.9 cm³/mol. The highest BCUT2D eigenvalue weighted by atomic mass is 32.2. The summed E-state index contributed by atoms with van der Waals surface area (Å²) in [6.45, 7) is 3.96. The molecular formula is C18H19NO2S. The lowest BCUT2D eigenvalue weighted by molar-refractivity contribution is 0.494. The molecule has 22 heavy (non-hydrogen) atoms. The number of hydrogen-bond donors (Lipinski definition) is 1. The van der Waals surface area contributed by atoms with E-state index in [0.717, 1.165) is 16.7 Å². The zero-order valence-corrected chi connectivity index (χ0v) is 13.5. The molecule has 0 unspecified atom stereocenters. The fourth-order valence-corrected chi connectivity index (χ4v) is 4.03. The molecule has 3 rings (SSSR count). The molecule has 0 saturated carbocycles. The van der Waals surface area contributed by atoms with Gasteiger partial charge in [-0.15, -0.1) is 0 Å². The van der Waals surface area contributed by atoms with Crippen LogP contribution in [-0.2, 0) is 10.0 Å². The van der Waals surface area contributed by atoms with E-state index in [1.54, 1.807) is 12.1 Å². The first-order chi connectivity index (χ1) is 10.5. The Kier molecular flexibility index (Phi) is 3.89. The van der Waals surface area contributed by atoms with E-state index in [1.165, 1.54) is 0 Å². The minimum atomic E-state index is -3.54.